The number of ether oxygens (including phenoxy) is 1. The van der Waals surface area contributed by atoms with Crippen LogP contribution in [0.3, 0.4) is 0 Å². The molecule has 4 N–H and O–H groups in total. The van der Waals surface area contributed by atoms with Gasteiger partial charge in [-0.1, -0.05) is 6.07 Å². The number of aliphatic hydroxyl groups excluding tert-OH is 2. The number of rotatable bonds is 5. The molecule has 6 heteroatoms. The van der Waals surface area contributed by atoms with E-state index in [9.17, 15) is 5.11 Å². The maximum Gasteiger partial charge on any atom is 0.132 e. The number of nitrogens with zero attached hydrogens (tertiary/aromatic N) is 2. The largest absolute Gasteiger partial charge is 0.490 e. The SMILES string of the molecule is Nc1cc(OC[C@H](O)CO)c2ccc(C3=CC=NC3)cc2n1. The van der Waals surface area contributed by atoms with Crippen molar-refractivity contribution >= 4 is 28.5 Å². The van der Waals surface area contributed by atoms with Crippen molar-refractivity contribution in [1.29, 1.82) is 0 Å². The predicted octanol–water partition coefficient (Wildman–Crippen LogP) is 1.02. The van der Waals surface area contributed by atoms with Gasteiger partial charge in [0.2, 0.25) is 0 Å². The van der Waals surface area contributed by atoms with Crippen LogP contribution in [0.4, 0.5) is 5.82 Å². The molecular formula is C16H17N3O3. The predicted molar refractivity (Wildman–Crippen MR) is 86.1 cm³/mol. The molecule has 0 fully saturated rings. The van der Waals surface area contributed by atoms with Crippen molar-refractivity contribution in [1.82, 2.24) is 4.98 Å². The zero-order valence-electron chi connectivity index (χ0n) is 11.9. The normalized spacial score (nSPS) is 15.1. The second-order valence-corrected chi connectivity index (χ2v) is 5.11. The fourth-order valence-corrected chi connectivity index (χ4v) is 2.31. The molecule has 0 amide bonds. The summed E-state index contributed by atoms with van der Waals surface area (Å²) in [5, 5.41) is 19.1. The lowest BCUT2D eigenvalue weighted by molar-refractivity contribution is 0.0541. The summed E-state index contributed by atoms with van der Waals surface area (Å²) in [6, 6.07) is 7.46. The highest BCUT2D eigenvalue weighted by atomic mass is 16.5. The lowest BCUT2D eigenvalue weighted by atomic mass is 10.0. The van der Waals surface area contributed by atoms with Crippen LogP contribution in [-0.2, 0) is 0 Å². The Labute approximate surface area is 127 Å². The van der Waals surface area contributed by atoms with Crippen LogP contribution in [0.2, 0.25) is 0 Å². The van der Waals surface area contributed by atoms with E-state index >= 15 is 0 Å². The van der Waals surface area contributed by atoms with Crippen molar-refractivity contribution in [2.75, 3.05) is 25.5 Å². The maximum atomic E-state index is 9.41. The van der Waals surface area contributed by atoms with Crippen LogP contribution in [0.15, 0.2) is 35.3 Å². The standard InChI is InChI=1S/C16H17N3O3/c17-16-6-15(22-9-12(21)8-20)13-2-1-10(5-14(13)19-16)11-3-4-18-7-11/h1-6,12,20-21H,7-9H2,(H2,17,19)/t12-/m1/s1. The van der Waals surface area contributed by atoms with Crippen molar-refractivity contribution in [3.05, 3.63) is 35.9 Å². The topological polar surface area (TPSA) is 101 Å². The molecule has 1 aromatic heterocycles. The molecule has 0 bridgehead atoms. The van der Waals surface area contributed by atoms with Crippen LogP contribution in [0.1, 0.15) is 5.56 Å². The molecule has 0 unspecified atom stereocenters. The third-order valence-corrected chi connectivity index (χ3v) is 3.45. The van der Waals surface area contributed by atoms with Gasteiger partial charge in [0.1, 0.15) is 24.3 Å². The Morgan fingerprint density at radius 1 is 1.32 bits per heavy atom. The molecule has 1 aromatic carbocycles. The lowest BCUT2D eigenvalue weighted by Crippen LogP contribution is -2.21. The summed E-state index contributed by atoms with van der Waals surface area (Å²) in [5.74, 6) is 0.882. The number of nitrogens with two attached hydrogens (primary N) is 1. The number of benzene rings is 1. The molecular weight excluding hydrogens is 282 g/mol. The Hall–Kier alpha value is -2.44. The molecule has 1 atom stereocenters. The highest BCUT2D eigenvalue weighted by molar-refractivity contribution is 5.94. The molecule has 1 aliphatic rings. The highest BCUT2D eigenvalue weighted by Crippen LogP contribution is 2.29. The second-order valence-electron chi connectivity index (χ2n) is 5.11. The van der Waals surface area contributed by atoms with E-state index in [0.717, 1.165) is 22.0 Å². The lowest BCUT2D eigenvalue weighted by Gasteiger charge is -2.13. The van der Waals surface area contributed by atoms with Crippen LogP contribution in [0.25, 0.3) is 16.5 Å². The number of nitrogen functional groups attached to an aromatic ring is 1. The van der Waals surface area contributed by atoms with Crippen LogP contribution in [0, 0.1) is 0 Å². The minimum absolute atomic E-state index is 0.00417. The third kappa shape index (κ3) is 2.93. The Kier molecular flexibility index (Phi) is 4.04. The van der Waals surface area contributed by atoms with E-state index in [0.29, 0.717) is 18.1 Å². The molecule has 2 heterocycles. The first-order valence-electron chi connectivity index (χ1n) is 6.98. The first-order chi connectivity index (χ1) is 10.7. The first-order valence-corrected chi connectivity index (χ1v) is 6.98. The van der Waals surface area contributed by atoms with Gasteiger partial charge in [-0.15, -0.1) is 0 Å². The zero-order chi connectivity index (χ0) is 15.5. The summed E-state index contributed by atoms with van der Waals surface area (Å²) in [6.07, 6.45) is 2.84. The average molecular weight is 299 g/mol. The van der Waals surface area contributed by atoms with E-state index in [4.69, 9.17) is 15.6 Å². The Morgan fingerprint density at radius 3 is 2.91 bits per heavy atom. The summed E-state index contributed by atoms with van der Waals surface area (Å²) < 4.78 is 5.55. The maximum absolute atomic E-state index is 9.41. The number of allylic oxidation sites excluding steroid dienone is 1. The fraction of sp³-hybridized carbons (Fsp3) is 0.250. The van der Waals surface area contributed by atoms with E-state index in [2.05, 4.69) is 9.98 Å². The number of aliphatic imine (C=N–C) groups is 1. The zero-order valence-corrected chi connectivity index (χ0v) is 11.9. The monoisotopic (exact) mass is 299 g/mol. The van der Waals surface area contributed by atoms with Crippen LogP contribution in [0.5, 0.6) is 5.75 Å². The van der Waals surface area contributed by atoms with Crippen molar-refractivity contribution in [2.45, 2.75) is 6.10 Å². The molecule has 114 valence electrons. The van der Waals surface area contributed by atoms with E-state index < -0.39 is 6.10 Å². The van der Waals surface area contributed by atoms with Gasteiger partial charge >= 0.3 is 0 Å². The molecule has 0 aliphatic carbocycles. The summed E-state index contributed by atoms with van der Waals surface area (Å²) in [4.78, 5) is 8.51. The van der Waals surface area contributed by atoms with Gasteiger partial charge < -0.3 is 20.7 Å². The molecule has 0 radical (unpaired) electrons. The summed E-state index contributed by atoms with van der Waals surface area (Å²) in [6.45, 7) is 0.312. The minimum Gasteiger partial charge on any atom is -0.490 e. The van der Waals surface area contributed by atoms with E-state index in [-0.39, 0.29) is 13.2 Å². The third-order valence-electron chi connectivity index (χ3n) is 3.45. The molecule has 0 saturated carbocycles. The Bertz CT molecular complexity index is 756. The fourth-order valence-electron chi connectivity index (χ4n) is 2.31. The van der Waals surface area contributed by atoms with Crippen molar-refractivity contribution in [3.63, 3.8) is 0 Å². The molecule has 6 nitrogen and oxygen atoms in total. The average Bonchev–Trinajstić information content (AvgIpc) is 3.05. The second kappa shape index (κ2) is 6.13. The first kappa shape index (κ1) is 14.5. The van der Waals surface area contributed by atoms with Gasteiger partial charge in [0, 0.05) is 17.7 Å². The number of hydrogen-bond donors (Lipinski definition) is 3. The van der Waals surface area contributed by atoms with E-state index in [1.54, 1.807) is 12.3 Å². The number of fused-ring (bicyclic) bond motifs is 1. The van der Waals surface area contributed by atoms with Gasteiger partial charge in [0.15, 0.2) is 0 Å². The van der Waals surface area contributed by atoms with Gasteiger partial charge in [-0.25, -0.2) is 4.98 Å². The van der Waals surface area contributed by atoms with Crippen LogP contribution >= 0.6 is 0 Å². The Balaban J connectivity index is 1.95. The van der Waals surface area contributed by atoms with E-state index in [1.807, 2.05) is 24.3 Å². The van der Waals surface area contributed by atoms with Gasteiger partial charge in [-0.05, 0) is 29.3 Å². The minimum atomic E-state index is -0.926. The van der Waals surface area contributed by atoms with E-state index in [1.165, 1.54) is 0 Å². The van der Waals surface area contributed by atoms with Gasteiger partial charge in [0.25, 0.3) is 0 Å². The summed E-state index contributed by atoms with van der Waals surface area (Å²) >= 11 is 0. The van der Waals surface area contributed by atoms with Gasteiger partial charge in [-0.3, -0.25) is 4.99 Å². The number of aromatic nitrogens is 1. The smallest absolute Gasteiger partial charge is 0.132 e. The van der Waals surface area contributed by atoms with Crippen molar-refractivity contribution in [3.8, 4) is 5.75 Å². The molecule has 0 spiro atoms. The molecule has 3 rings (SSSR count). The summed E-state index contributed by atoms with van der Waals surface area (Å²) in [7, 11) is 0. The molecule has 22 heavy (non-hydrogen) atoms. The van der Waals surface area contributed by atoms with Gasteiger partial charge in [0.05, 0.1) is 18.7 Å². The number of hydrogen-bond acceptors (Lipinski definition) is 6. The number of anilines is 1. The molecule has 2 aromatic rings. The van der Waals surface area contributed by atoms with Crippen molar-refractivity contribution in [2.24, 2.45) is 4.99 Å². The Morgan fingerprint density at radius 2 is 2.18 bits per heavy atom. The number of aliphatic hydroxyl groups is 2. The van der Waals surface area contributed by atoms with Crippen molar-refractivity contribution < 1.29 is 14.9 Å². The summed E-state index contributed by atoms with van der Waals surface area (Å²) in [5.41, 5.74) is 8.72. The number of pyridine rings is 1. The van der Waals surface area contributed by atoms with Crippen LogP contribution in [-0.4, -0.2) is 47.3 Å². The quantitative estimate of drug-likeness (QED) is 0.765. The molecule has 0 saturated heterocycles. The highest BCUT2D eigenvalue weighted by Gasteiger charge is 2.11. The molecule has 1 aliphatic heterocycles. The van der Waals surface area contributed by atoms with Gasteiger partial charge in [-0.2, -0.15) is 0 Å². The van der Waals surface area contributed by atoms with Crippen LogP contribution < -0.4 is 10.5 Å².